The highest BCUT2D eigenvalue weighted by Gasteiger charge is 2.40. The summed E-state index contributed by atoms with van der Waals surface area (Å²) in [7, 11) is 0. The van der Waals surface area contributed by atoms with Gasteiger partial charge >= 0.3 is 5.97 Å². The van der Waals surface area contributed by atoms with E-state index in [4.69, 9.17) is 0 Å². The van der Waals surface area contributed by atoms with E-state index in [2.05, 4.69) is 31.9 Å². The van der Waals surface area contributed by atoms with Gasteiger partial charge < -0.3 is 47.2 Å². The number of hydrogen-bond donors (Lipinski definition) is 9. The van der Waals surface area contributed by atoms with E-state index in [9.17, 15) is 48.9 Å². The number of carbonyl (C=O) groups excluding carboxylic acids is 6. The van der Waals surface area contributed by atoms with Crippen molar-refractivity contribution in [1.82, 2.24) is 31.9 Å². The fraction of sp³-hybridized carbons (Fsp3) is 0.604. The standard InChI is InChI=1S/C48H72N6O10/c1-7-29(3)41(53-48(64)42(30(4)8-2)54-47(63)39(50-32(6)56)28-35-22-16-11-17-23-35)44(60)43(59)37(26-33-18-12-9-13-19-33)52-45(61)36(24-25-40(57)58)51-46(62)38(49-31(5)55)27-34-20-14-10-15-21-34/h10-11,14-17,20-23,29-30,33,36-39,41-44,59-60H,7-9,12-13,18-19,24-28H2,1-6H3,(H,49,55)(H,50,56)(H,51,62)(H,52,61)(H,53,64)(H,54,63)(H,57,58)/t29?,30?,36-,37-,38-,39-,41-,42-,43-,44-/m0/s1. The lowest BCUT2D eigenvalue weighted by Gasteiger charge is -2.38. The Labute approximate surface area is 377 Å². The molecule has 16 nitrogen and oxygen atoms in total. The third kappa shape index (κ3) is 17.7. The molecular formula is C48H72N6O10. The second-order valence-corrected chi connectivity index (χ2v) is 17.5. The molecule has 1 fully saturated rings. The summed E-state index contributed by atoms with van der Waals surface area (Å²) in [6, 6.07) is 11.4. The molecule has 0 heterocycles. The predicted octanol–water partition coefficient (Wildman–Crippen LogP) is 3.07. The van der Waals surface area contributed by atoms with Crippen molar-refractivity contribution in [3.05, 3.63) is 71.8 Å². The maximum absolute atomic E-state index is 14.3. The van der Waals surface area contributed by atoms with E-state index < -0.39 is 102 Å². The number of amides is 6. The second-order valence-electron chi connectivity index (χ2n) is 17.5. The van der Waals surface area contributed by atoms with Crippen molar-refractivity contribution in [3.63, 3.8) is 0 Å². The highest BCUT2D eigenvalue weighted by atomic mass is 16.4. The van der Waals surface area contributed by atoms with Crippen LogP contribution in [0.5, 0.6) is 0 Å². The molecule has 2 unspecified atom stereocenters. The SMILES string of the molecule is CCC(C)[C@H](NC(=O)[C@H](Cc1ccccc1)NC(C)=O)C(=O)N[C@@H](C(C)CC)[C@H](O)[C@@H](O)[C@H](CC1CCCCC1)NC(=O)[C@H](CCC(=O)O)NC(=O)[C@H](Cc1ccccc1)NC(C)=O. The Kier molecular flexibility index (Phi) is 22.4. The Morgan fingerprint density at radius 3 is 1.55 bits per heavy atom. The monoisotopic (exact) mass is 893 g/mol. The van der Waals surface area contributed by atoms with Gasteiger partial charge in [-0.25, -0.2) is 0 Å². The van der Waals surface area contributed by atoms with Crippen LogP contribution in [-0.2, 0) is 46.4 Å². The van der Waals surface area contributed by atoms with E-state index in [0.29, 0.717) is 12.8 Å². The zero-order valence-corrected chi connectivity index (χ0v) is 38.3. The first kappa shape index (κ1) is 53.0. The third-order valence-electron chi connectivity index (χ3n) is 12.4. The number of carboxylic acids is 1. The lowest BCUT2D eigenvalue weighted by Crippen LogP contribution is -2.63. The Morgan fingerprint density at radius 2 is 1.08 bits per heavy atom. The van der Waals surface area contributed by atoms with Crippen LogP contribution >= 0.6 is 0 Å². The van der Waals surface area contributed by atoms with Crippen LogP contribution in [0.1, 0.15) is 117 Å². The van der Waals surface area contributed by atoms with Crippen molar-refractivity contribution in [3.8, 4) is 0 Å². The number of aliphatic hydroxyl groups excluding tert-OH is 2. The first-order valence-electron chi connectivity index (χ1n) is 22.8. The van der Waals surface area contributed by atoms with Crippen LogP contribution in [0.15, 0.2) is 60.7 Å². The number of aliphatic carboxylic acids is 1. The smallest absolute Gasteiger partial charge is 0.303 e. The van der Waals surface area contributed by atoms with E-state index in [1.807, 2.05) is 44.2 Å². The molecule has 0 radical (unpaired) electrons. The van der Waals surface area contributed by atoms with Crippen molar-refractivity contribution in [2.75, 3.05) is 0 Å². The number of benzene rings is 2. The van der Waals surface area contributed by atoms with Crippen LogP contribution < -0.4 is 31.9 Å². The molecule has 0 bridgehead atoms. The van der Waals surface area contributed by atoms with Crippen molar-refractivity contribution >= 4 is 41.4 Å². The molecule has 0 saturated heterocycles. The Balaban J connectivity index is 1.91. The predicted molar refractivity (Wildman–Crippen MR) is 242 cm³/mol. The summed E-state index contributed by atoms with van der Waals surface area (Å²) in [6.07, 6.45) is 2.00. The largest absolute Gasteiger partial charge is 0.481 e. The number of rotatable bonds is 26. The Hall–Kier alpha value is -5.35. The Morgan fingerprint density at radius 1 is 0.594 bits per heavy atom. The minimum Gasteiger partial charge on any atom is -0.481 e. The molecule has 0 aliphatic heterocycles. The average Bonchev–Trinajstić information content (AvgIpc) is 3.27. The molecule has 6 amide bonds. The molecule has 0 aromatic heterocycles. The van der Waals surface area contributed by atoms with Crippen LogP contribution in [0.2, 0.25) is 0 Å². The fourth-order valence-electron chi connectivity index (χ4n) is 8.25. The van der Waals surface area contributed by atoms with E-state index in [-0.39, 0.29) is 37.5 Å². The summed E-state index contributed by atoms with van der Waals surface area (Å²) in [5.74, 6) is -5.48. The molecule has 64 heavy (non-hydrogen) atoms. The van der Waals surface area contributed by atoms with Gasteiger partial charge in [-0.15, -0.1) is 0 Å². The van der Waals surface area contributed by atoms with Crippen LogP contribution in [-0.4, -0.2) is 105 Å². The van der Waals surface area contributed by atoms with Crippen molar-refractivity contribution in [2.24, 2.45) is 17.8 Å². The average molecular weight is 893 g/mol. The molecule has 1 saturated carbocycles. The number of carboxylic acid groups (broad SMARTS) is 1. The first-order valence-corrected chi connectivity index (χ1v) is 22.8. The quantitative estimate of drug-likeness (QED) is 0.0668. The summed E-state index contributed by atoms with van der Waals surface area (Å²) in [6.45, 7) is 9.90. The minimum absolute atomic E-state index is 0.0667. The molecule has 1 aliphatic carbocycles. The van der Waals surface area contributed by atoms with Gasteiger partial charge in [-0.3, -0.25) is 33.6 Å². The zero-order valence-electron chi connectivity index (χ0n) is 38.3. The van der Waals surface area contributed by atoms with Crippen LogP contribution in [0, 0.1) is 17.8 Å². The third-order valence-corrected chi connectivity index (χ3v) is 12.4. The number of hydrogen-bond acceptors (Lipinski definition) is 9. The molecule has 0 spiro atoms. The number of aliphatic hydroxyl groups is 2. The maximum atomic E-state index is 14.3. The molecule has 2 aromatic carbocycles. The van der Waals surface area contributed by atoms with Crippen molar-refractivity contribution < 1.29 is 48.9 Å². The van der Waals surface area contributed by atoms with Gasteiger partial charge in [0, 0.05) is 33.1 Å². The summed E-state index contributed by atoms with van der Waals surface area (Å²) in [4.78, 5) is 92.0. The molecule has 9 N–H and O–H groups in total. The summed E-state index contributed by atoms with van der Waals surface area (Å²) < 4.78 is 0. The number of nitrogens with one attached hydrogen (secondary N) is 6. The fourth-order valence-corrected chi connectivity index (χ4v) is 8.25. The molecule has 2 aromatic rings. The molecule has 16 heteroatoms. The highest BCUT2D eigenvalue weighted by Crippen LogP contribution is 2.29. The maximum Gasteiger partial charge on any atom is 0.303 e. The van der Waals surface area contributed by atoms with Gasteiger partial charge in [-0.05, 0) is 41.7 Å². The van der Waals surface area contributed by atoms with Gasteiger partial charge in [0.15, 0.2) is 0 Å². The molecule has 10 atom stereocenters. The van der Waals surface area contributed by atoms with Gasteiger partial charge in [0.1, 0.15) is 36.4 Å². The minimum atomic E-state index is -1.64. The number of carbonyl (C=O) groups is 7. The van der Waals surface area contributed by atoms with E-state index in [0.717, 1.165) is 43.2 Å². The second kappa shape index (κ2) is 27.1. The Bertz CT molecular complexity index is 1810. The van der Waals surface area contributed by atoms with Gasteiger partial charge in [0.2, 0.25) is 35.4 Å². The lowest BCUT2D eigenvalue weighted by atomic mass is 9.81. The van der Waals surface area contributed by atoms with Gasteiger partial charge in [0.25, 0.3) is 0 Å². The molecular weight excluding hydrogens is 821 g/mol. The van der Waals surface area contributed by atoms with Gasteiger partial charge in [-0.2, -0.15) is 0 Å². The van der Waals surface area contributed by atoms with Gasteiger partial charge in [-0.1, -0.05) is 133 Å². The summed E-state index contributed by atoms with van der Waals surface area (Å²) in [5.41, 5.74) is 1.54. The van der Waals surface area contributed by atoms with Crippen LogP contribution in [0.4, 0.5) is 0 Å². The normalized spacial score (nSPS) is 17.6. The van der Waals surface area contributed by atoms with Gasteiger partial charge in [0.05, 0.1) is 12.1 Å². The van der Waals surface area contributed by atoms with E-state index in [1.165, 1.54) is 13.8 Å². The van der Waals surface area contributed by atoms with E-state index >= 15 is 0 Å². The lowest BCUT2D eigenvalue weighted by molar-refractivity contribution is -0.138. The molecule has 1 aliphatic rings. The summed E-state index contributed by atoms with van der Waals surface area (Å²) in [5, 5.41) is 50.3. The van der Waals surface area contributed by atoms with Crippen LogP contribution in [0.3, 0.4) is 0 Å². The molecule has 354 valence electrons. The van der Waals surface area contributed by atoms with Crippen molar-refractivity contribution in [1.29, 1.82) is 0 Å². The van der Waals surface area contributed by atoms with Crippen molar-refractivity contribution in [2.45, 2.75) is 167 Å². The van der Waals surface area contributed by atoms with E-state index in [1.54, 1.807) is 44.2 Å². The topological polar surface area (TPSA) is 252 Å². The zero-order chi connectivity index (χ0) is 47.3. The first-order chi connectivity index (χ1) is 30.4. The molecule has 3 rings (SSSR count). The summed E-state index contributed by atoms with van der Waals surface area (Å²) >= 11 is 0. The van der Waals surface area contributed by atoms with Crippen LogP contribution in [0.25, 0.3) is 0 Å². The highest BCUT2D eigenvalue weighted by molar-refractivity contribution is 5.93.